The Balaban J connectivity index is 1.97. The van der Waals surface area contributed by atoms with E-state index in [4.69, 9.17) is 4.42 Å². The summed E-state index contributed by atoms with van der Waals surface area (Å²) in [5.41, 5.74) is 1.84. The molecule has 0 N–H and O–H groups in total. The molecule has 3 nitrogen and oxygen atoms in total. The minimum atomic E-state index is 0.116. The molecule has 0 radical (unpaired) electrons. The quantitative estimate of drug-likeness (QED) is 0.788. The van der Waals surface area contributed by atoms with E-state index in [9.17, 15) is 4.79 Å². The van der Waals surface area contributed by atoms with Crippen LogP contribution < -0.4 is 0 Å². The smallest absolute Gasteiger partial charge is 0.176 e. The average Bonchev–Trinajstić information content (AvgIpc) is 2.75. The normalized spacial score (nSPS) is 10.9. The summed E-state index contributed by atoms with van der Waals surface area (Å²) in [5.74, 6) is 1.02. The highest BCUT2D eigenvalue weighted by Crippen LogP contribution is 2.14. The molecule has 1 aromatic carbocycles. The lowest BCUT2D eigenvalue weighted by atomic mass is 10.1. The van der Waals surface area contributed by atoms with Gasteiger partial charge in [0.2, 0.25) is 0 Å². The van der Waals surface area contributed by atoms with Crippen LogP contribution >= 0.6 is 15.9 Å². The van der Waals surface area contributed by atoms with Crippen molar-refractivity contribution in [2.45, 2.75) is 13.5 Å². The Bertz CT molecular complexity index is 577. The average molecular weight is 322 g/mol. The van der Waals surface area contributed by atoms with Crippen LogP contribution in [0.4, 0.5) is 0 Å². The van der Waals surface area contributed by atoms with E-state index < -0.39 is 0 Å². The molecule has 19 heavy (non-hydrogen) atoms. The van der Waals surface area contributed by atoms with Gasteiger partial charge in [0.25, 0.3) is 0 Å². The number of furan rings is 1. The predicted octanol–water partition coefficient (Wildman–Crippen LogP) is 3.67. The van der Waals surface area contributed by atoms with E-state index in [0.717, 1.165) is 21.4 Å². The van der Waals surface area contributed by atoms with Crippen LogP contribution in [-0.2, 0) is 6.54 Å². The Morgan fingerprint density at radius 2 is 2.16 bits per heavy atom. The van der Waals surface area contributed by atoms with Gasteiger partial charge in [-0.3, -0.25) is 9.69 Å². The molecule has 1 heterocycles. The summed E-state index contributed by atoms with van der Waals surface area (Å²) in [6, 6.07) is 9.41. The molecular weight excluding hydrogens is 306 g/mol. The van der Waals surface area contributed by atoms with Crippen molar-refractivity contribution >= 4 is 21.7 Å². The van der Waals surface area contributed by atoms with Crippen molar-refractivity contribution in [1.82, 2.24) is 4.90 Å². The van der Waals surface area contributed by atoms with E-state index in [1.165, 1.54) is 0 Å². The van der Waals surface area contributed by atoms with Crippen LogP contribution in [0.3, 0.4) is 0 Å². The fraction of sp³-hybridized carbons (Fsp3) is 0.267. The van der Waals surface area contributed by atoms with E-state index in [1.807, 2.05) is 49.2 Å². The van der Waals surface area contributed by atoms with Crippen molar-refractivity contribution in [2.75, 3.05) is 13.6 Å². The highest BCUT2D eigenvalue weighted by Gasteiger charge is 2.11. The van der Waals surface area contributed by atoms with Gasteiger partial charge in [0, 0.05) is 22.1 Å². The maximum Gasteiger partial charge on any atom is 0.176 e. The summed E-state index contributed by atoms with van der Waals surface area (Å²) in [6.45, 7) is 3.03. The number of Topliss-reactive ketones (excluding diaryl/α,β-unsaturated/α-hetero) is 1. The fourth-order valence-corrected chi connectivity index (χ4v) is 2.32. The molecule has 0 saturated heterocycles. The molecule has 0 saturated carbocycles. The zero-order valence-electron chi connectivity index (χ0n) is 11.0. The predicted molar refractivity (Wildman–Crippen MR) is 78.3 cm³/mol. The molecule has 0 aliphatic rings. The van der Waals surface area contributed by atoms with Crippen LogP contribution in [-0.4, -0.2) is 24.3 Å². The van der Waals surface area contributed by atoms with E-state index in [0.29, 0.717) is 13.1 Å². The van der Waals surface area contributed by atoms with Gasteiger partial charge in [0.05, 0.1) is 12.8 Å². The number of carbonyl (C=O) groups is 1. The molecule has 1 aromatic heterocycles. The molecule has 0 unspecified atom stereocenters. The Morgan fingerprint density at radius 3 is 2.79 bits per heavy atom. The van der Waals surface area contributed by atoms with Gasteiger partial charge < -0.3 is 4.42 Å². The second-order valence-electron chi connectivity index (χ2n) is 4.61. The van der Waals surface area contributed by atoms with Crippen molar-refractivity contribution in [3.05, 3.63) is 58.0 Å². The van der Waals surface area contributed by atoms with Crippen LogP contribution in [0, 0.1) is 6.92 Å². The lowest BCUT2D eigenvalue weighted by Crippen LogP contribution is -2.25. The summed E-state index contributed by atoms with van der Waals surface area (Å²) in [4.78, 5) is 14.1. The number of halogens is 1. The lowest BCUT2D eigenvalue weighted by Gasteiger charge is -2.15. The van der Waals surface area contributed by atoms with E-state index in [2.05, 4.69) is 15.9 Å². The minimum absolute atomic E-state index is 0.116. The third kappa shape index (κ3) is 3.78. The van der Waals surface area contributed by atoms with Crippen molar-refractivity contribution in [3.63, 3.8) is 0 Å². The summed E-state index contributed by atoms with van der Waals surface area (Å²) in [6.07, 6.45) is 1.68. The van der Waals surface area contributed by atoms with Gasteiger partial charge >= 0.3 is 0 Å². The summed E-state index contributed by atoms with van der Waals surface area (Å²) >= 11 is 3.38. The van der Waals surface area contributed by atoms with Gasteiger partial charge in [-0.1, -0.05) is 28.1 Å². The van der Waals surface area contributed by atoms with Gasteiger partial charge in [0.1, 0.15) is 5.76 Å². The van der Waals surface area contributed by atoms with Crippen LogP contribution in [0.2, 0.25) is 0 Å². The first-order valence-electron chi connectivity index (χ1n) is 6.06. The SMILES string of the molecule is Cc1occc1CN(C)CC(=O)c1cccc(Br)c1. The third-order valence-corrected chi connectivity index (χ3v) is 3.46. The molecule has 100 valence electrons. The number of benzene rings is 1. The lowest BCUT2D eigenvalue weighted by molar-refractivity contribution is 0.0942. The Morgan fingerprint density at radius 1 is 1.37 bits per heavy atom. The van der Waals surface area contributed by atoms with E-state index >= 15 is 0 Å². The van der Waals surface area contributed by atoms with Crippen LogP contribution in [0.25, 0.3) is 0 Å². The first kappa shape index (κ1) is 14.0. The maximum absolute atomic E-state index is 12.1. The Labute approximate surface area is 121 Å². The molecule has 2 aromatic rings. The standard InChI is InChI=1S/C15H16BrNO2/c1-11-13(6-7-19-11)9-17(2)10-15(18)12-4-3-5-14(16)8-12/h3-8H,9-10H2,1-2H3. The molecule has 0 amide bonds. The zero-order valence-corrected chi connectivity index (χ0v) is 12.6. The molecular formula is C15H16BrNO2. The highest BCUT2D eigenvalue weighted by molar-refractivity contribution is 9.10. The largest absolute Gasteiger partial charge is 0.469 e. The molecule has 0 spiro atoms. The summed E-state index contributed by atoms with van der Waals surface area (Å²) in [7, 11) is 1.93. The second kappa shape index (κ2) is 6.17. The zero-order chi connectivity index (χ0) is 13.8. The number of rotatable bonds is 5. The molecule has 0 fully saturated rings. The number of hydrogen-bond donors (Lipinski definition) is 0. The molecule has 0 bridgehead atoms. The molecule has 0 aliphatic heterocycles. The van der Waals surface area contributed by atoms with Gasteiger partial charge in [-0.2, -0.15) is 0 Å². The highest BCUT2D eigenvalue weighted by atomic mass is 79.9. The van der Waals surface area contributed by atoms with Gasteiger partial charge in [-0.15, -0.1) is 0 Å². The first-order chi connectivity index (χ1) is 9.06. The number of ketones is 1. The number of hydrogen-bond acceptors (Lipinski definition) is 3. The first-order valence-corrected chi connectivity index (χ1v) is 6.86. The Hall–Kier alpha value is -1.39. The van der Waals surface area contributed by atoms with Crippen molar-refractivity contribution in [3.8, 4) is 0 Å². The molecule has 4 heteroatoms. The molecule has 0 aliphatic carbocycles. The monoisotopic (exact) mass is 321 g/mol. The molecule has 2 rings (SSSR count). The van der Waals surface area contributed by atoms with E-state index in [-0.39, 0.29) is 5.78 Å². The summed E-state index contributed by atoms with van der Waals surface area (Å²) in [5, 5.41) is 0. The van der Waals surface area contributed by atoms with Gasteiger partial charge in [-0.25, -0.2) is 0 Å². The number of aryl methyl sites for hydroxylation is 1. The van der Waals surface area contributed by atoms with Gasteiger partial charge in [0.15, 0.2) is 5.78 Å². The number of likely N-dealkylation sites (N-methyl/N-ethyl adjacent to an activating group) is 1. The van der Waals surface area contributed by atoms with Crippen molar-refractivity contribution in [2.24, 2.45) is 0 Å². The number of carbonyl (C=O) groups excluding carboxylic acids is 1. The number of nitrogens with zero attached hydrogens (tertiary/aromatic N) is 1. The molecule has 0 atom stereocenters. The minimum Gasteiger partial charge on any atom is -0.469 e. The van der Waals surface area contributed by atoms with Crippen LogP contribution in [0.5, 0.6) is 0 Å². The fourth-order valence-electron chi connectivity index (χ4n) is 1.92. The van der Waals surface area contributed by atoms with E-state index in [1.54, 1.807) is 6.26 Å². The maximum atomic E-state index is 12.1. The van der Waals surface area contributed by atoms with Crippen molar-refractivity contribution < 1.29 is 9.21 Å². The Kier molecular flexibility index (Phi) is 4.56. The van der Waals surface area contributed by atoms with Gasteiger partial charge in [-0.05, 0) is 32.2 Å². The van der Waals surface area contributed by atoms with Crippen LogP contribution in [0.15, 0.2) is 45.5 Å². The third-order valence-electron chi connectivity index (χ3n) is 2.97. The second-order valence-corrected chi connectivity index (χ2v) is 5.52. The van der Waals surface area contributed by atoms with Crippen molar-refractivity contribution in [1.29, 1.82) is 0 Å². The topological polar surface area (TPSA) is 33.5 Å². The van der Waals surface area contributed by atoms with Crippen LogP contribution in [0.1, 0.15) is 21.7 Å². The summed E-state index contributed by atoms with van der Waals surface area (Å²) < 4.78 is 6.18.